The van der Waals surface area contributed by atoms with Gasteiger partial charge in [-0.05, 0) is 26.9 Å². The summed E-state index contributed by atoms with van der Waals surface area (Å²) in [7, 11) is 0. The fourth-order valence-corrected chi connectivity index (χ4v) is 2.03. The number of nitrogens with one attached hydrogen (secondary N) is 1. The van der Waals surface area contributed by atoms with Crippen LogP contribution in [0.4, 0.5) is 20.3 Å². The number of rotatable bonds is 4. The topological polar surface area (TPSA) is 90.1 Å². The van der Waals surface area contributed by atoms with Crippen molar-refractivity contribution in [2.24, 2.45) is 0 Å². The fourth-order valence-electron chi connectivity index (χ4n) is 1.52. The summed E-state index contributed by atoms with van der Waals surface area (Å²) < 4.78 is 27.5. The van der Waals surface area contributed by atoms with Crippen molar-refractivity contribution >= 4 is 33.3 Å². The third-order valence-electron chi connectivity index (χ3n) is 2.39. The molecule has 0 aliphatic heterocycles. The first kappa shape index (κ1) is 15.0. The van der Waals surface area contributed by atoms with E-state index in [9.17, 15) is 23.7 Å². The van der Waals surface area contributed by atoms with Crippen molar-refractivity contribution in [2.75, 3.05) is 5.32 Å². The summed E-state index contributed by atoms with van der Waals surface area (Å²) in [5.74, 6) is -2.81. The van der Waals surface area contributed by atoms with Crippen LogP contribution in [0, 0.1) is 21.7 Å². The Kier molecular flexibility index (Phi) is 4.26. The molecule has 1 amide bonds. The number of carbonyl (C=O) groups excluding carboxylic acids is 1. The van der Waals surface area contributed by atoms with Crippen LogP contribution in [0.3, 0.4) is 0 Å². The lowest BCUT2D eigenvalue weighted by Gasteiger charge is -2.08. The number of halogens is 3. The Hall–Kier alpha value is -2.36. The normalized spacial score (nSPS) is 10.4. The minimum absolute atomic E-state index is 0.0415. The first-order valence-electron chi connectivity index (χ1n) is 5.49. The Morgan fingerprint density at radius 3 is 2.76 bits per heavy atom. The molecule has 110 valence electrons. The van der Waals surface area contributed by atoms with Gasteiger partial charge in [0.05, 0.1) is 23.0 Å². The van der Waals surface area contributed by atoms with Gasteiger partial charge >= 0.3 is 5.82 Å². The van der Waals surface area contributed by atoms with Crippen LogP contribution in [0.25, 0.3) is 0 Å². The number of amides is 1. The summed E-state index contributed by atoms with van der Waals surface area (Å²) in [6.45, 7) is -0.350. The van der Waals surface area contributed by atoms with Gasteiger partial charge in [-0.25, -0.2) is 8.78 Å². The van der Waals surface area contributed by atoms with E-state index in [1.54, 1.807) is 0 Å². The first-order valence-corrected chi connectivity index (χ1v) is 6.28. The first-order chi connectivity index (χ1) is 9.86. The highest BCUT2D eigenvalue weighted by atomic mass is 79.9. The molecule has 2 rings (SSSR count). The molecule has 0 atom stereocenters. The number of aromatic nitrogens is 2. The van der Waals surface area contributed by atoms with E-state index in [0.717, 1.165) is 16.8 Å². The largest absolute Gasteiger partial charge is 0.389 e. The smallest absolute Gasteiger partial charge is 0.358 e. The monoisotopic (exact) mass is 360 g/mol. The second kappa shape index (κ2) is 5.95. The van der Waals surface area contributed by atoms with Gasteiger partial charge in [0.2, 0.25) is 5.91 Å². The molecule has 1 aromatic heterocycles. The zero-order valence-corrected chi connectivity index (χ0v) is 11.8. The molecular weight excluding hydrogens is 354 g/mol. The summed E-state index contributed by atoms with van der Waals surface area (Å²) in [6, 6.07) is 2.75. The summed E-state index contributed by atoms with van der Waals surface area (Å²) in [5.41, 5.74) is -0.219. The van der Waals surface area contributed by atoms with Crippen LogP contribution in [0.5, 0.6) is 0 Å². The molecule has 1 aromatic carbocycles. The maximum atomic E-state index is 13.5. The average Bonchev–Trinajstić information content (AvgIpc) is 2.82. The standard InChI is InChI=1S/C11H7BrF2N4O3/c12-7-3-6(13)4-8(14)11(7)15-10(19)5-17-2-1-9(16-17)18(20)21/h1-4H,5H2,(H,15,19). The van der Waals surface area contributed by atoms with E-state index in [4.69, 9.17) is 0 Å². The van der Waals surface area contributed by atoms with Gasteiger partial charge in [-0.1, -0.05) is 0 Å². The minimum Gasteiger partial charge on any atom is -0.358 e. The molecule has 0 bridgehead atoms. The third-order valence-corrected chi connectivity index (χ3v) is 3.02. The van der Waals surface area contributed by atoms with Crippen LogP contribution in [0.2, 0.25) is 0 Å². The fraction of sp³-hybridized carbons (Fsp3) is 0.0909. The lowest BCUT2D eigenvalue weighted by atomic mass is 10.3. The van der Waals surface area contributed by atoms with E-state index in [0.29, 0.717) is 6.07 Å². The quantitative estimate of drug-likeness (QED) is 0.669. The van der Waals surface area contributed by atoms with Gasteiger partial charge in [0.1, 0.15) is 12.4 Å². The SMILES string of the molecule is O=C(Cn1ccc([N+](=O)[O-])n1)Nc1c(F)cc(F)cc1Br. The van der Waals surface area contributed by atoms with Crippen molar-refractivity contribution in [3.05, 3.63) is 50.6 Å². The molecule has 21 heavy (non-hydrogen) atoms. The highest BCUT2D eigenvalue weighted by Crippen LogP contribution is 2.26. The van der Waals surface area contributed by atoms with Crippen molar-refractivity contribution in [3.63, 3.8) is 0 Å². The van der Waals surface area contributed by atoms with Crippen molar-refractivity contribution in [2.45, 2.75) is 6.54 Å². The van der Waals surface area contributed by atoms with E-state index < -0.39 is 28.3 Å². The van der Waals surface area contributed by atoms with Gasteiger partial charge in [-0.15, -0.1) is 0 Å². The maximum absolute atomic E-state index is 13.5. The third kappa shape index (κ3) is 3.60. The molecule has 0 aliphatic rings. The Balaban J connectivity index is 2.10. The molecule has 1 N–H and O–H groups in total. The number of anilines is 1. The molecule has 0 unspecified atom stereocenters. The van der Waals surface area contributed by atoms with Crippen LogP contribution >= 0.6 is 15.9 Å². The van der Waals surface area contributed by atoms with Crippen LogP contribution in [-0.4, -0.2) is 20.6 Å². The van der Waals surface area contributed by atoms with E-state index in [2.05, 4.69) is 26.3 Å². The van der Waals surface area contributed by atoms with Crippen LogP contribution in [-0.2, 0) is 11.3 Å². The molecule has 0 aliphatic carbocycles. The number of hydrogen-bond donors (Lipinski definition) is 1. The molecule has 0 saturated carbocycles. The van der Waals surface area contributed by atoms with Gasteiger partial charge in [0, 0.05) is 10.5 Å². The van der Waals surface area contributed by atoms with Crippen LogP contribution in [0.15, 0.2) is 28.9 Å². The molecule has 7 nitrogen and oxygen atoms in total. The van der Waals surface area contributed by atoms with Gasteiger partial charge in [0.15, 0.2) is 5.82 Å². The zero-order chi connectivity index (χ0) is 15.6. The number of nitrogens with zero attached hydrogens (tertiary/aromatic N) is 3. The predicted octanol–water partition coefficient (Wildman–Crippen LogP) is 2.47. The summed E-state index contributed by atoms with van der Waals surface area (Å²) >= 11 is 2.93. The van der Waals surface area contributed by atoms with Gasteiger partial charge in [-0.3, -0.25) is 4.79 Å². The molecule has 0 fully saturated rings. The van der Waals surface area contributed by atoms with Gasteiger partial charge < -0.3 is 15.4 Å². The van der Waals surface area contributed by atoms with Crippen molar-refractivity contribution in [1.29, 1.82) is 0 Å². The minimum atomic E-state index is -0.943. The summed E-state index contributed by atoms with van der Waals surface area (Å²) in [5, 5.41) is 16.2. The average molecular weight is 361 g/mol. The van der Waals surface area contributed by atoms with Gasteiger partial charge in [0.25, 0.3) is 0 Å². The van der Waals surface area contributed by atoms with E-state index in [-0.39, 0.29) is 16.7 Å². The number of benzene rings is 1. The molecule has 0 saturated heterocycles. The van der Waals surface area contributed by atoms with E-state index in [1.165, 1.54) is 6.20 Å². The lowest BCUT2D eigenvalue weighted by molar-refractivity contribution is -0.389. The summed E-state index contributed by atoms with van der Waals surface area (Å²) in [4.78, 5) is 21.5. The second-order valence-electron chi connectivity index (χ2n) is 3.92. The Bertz CT molecular complexity index is 696. The molecule has 10 heteroatoms. The predicted molar refractivity (Wildman–Crippen MR) is 71.6 cm³/mol. The molecule has 2 aromatic rings. The van der Waals surface area contributed by atoms with Crippen molar-refractivity contribution < 1.29 is 18.5 Å². The lowest BCUT2D eigenvalue weighted by Crippen LogP contribution is -2.20. The number of carbonyl (C=O) groups is 1. The Labute approximate surface area is 124 Å². The second-order valence-corrected chi connectivity index (χ2v) is 4.78. The maximum Gasteiger partial charge on any atom is 0.389 e. The van der Waals surface area contributed by atoms with Crippen LogP contribution in [0.1, 0.15) is 0 Å². The molecule has 0 spiro atoms. The Morgan fingerprint density at radius 2 is 2.19 bits per heavy atom. The molecule has 1 heterocycles. The number of hydrogen-bond acceptors (Lipinski definition) is 4. The van der Waals surface area contributed by atoms with Crippen LogP contribution < -0.4 is 5.32 Å². The summed E-state index contributed by atoms with van der Waals surface area (Å²) in [6.07, 6.45) is 1.24. The zero-order valence-electron chi connectivity index (χ0n) is 10.2. The number of nitro groups is 1. The van der Waals surface area contributed by atoms with E-state index in [1.807, 2.05) is 0 Å². The van der Waals surface area contributed by atoms with E-state index >= 15 is 0 Å². The Morgan fingerprint density at radius 1 is 1.48 bits per heavy atom. The molecule has 0 radical (unpaired) electrons. The van der Waals surface area contributed by atoms with Crippen molar-refractivity contribution in [1.82, 2.24) is 9.78 Å². The highest BCUT2D eigenvalue weighted by molar-refractivity contribution is 9.10. The van der Waals surface area contributed by atoms with Crippen molar-refractivity contribution in [3.8, 4) is 0 Å². The van der Waals surface area contributed by atoms with Gasteiger partial charge in [-0.2, -0.15) is 4.68 Å². The highest BCUT2D eigenvalue weighted by Gasteiger charge is 2.16. The molecular formula is C11H7BrF2N4O3.